The lowest BCUT2D eigenvalue weighted by molar-refractivity contribution is 0.103. The molecule has 2 nitrogen and oxygen atoms in total. The molecule has 0 saturated carbocycles. The first-order chi connectivity index (χ1) is 8.28. The van der Waals surface area contributed by atoms with E-state index in [-0.39, 0.29) is 11.2 Å². The van der Waals surface area contributed by atoms with Crippen LogP contribution in [-0.2, 0) is 0 Å². The average Bonchev–Trinajstić information content (AvgIpc) is 2.28. The number of ether oxygens (including phenoxy) is 2. The first-order valence-corrected chi connectivity index (χ1v) is 7.84. The standard InChI is InChI=1S/C15H23IO2/c1-6-14(2,3)17-12-8-7-9-13(10-12)18-15(4,5)11-16/h7-10H,6,11H2,1-5H3. The fourth-order valence-electron chi connectivity index (χ4n) is 1.34. The van der Waals surface area contributed by atoms with Crippen LogP contribution in [0.15, 0.2) is 24.3 Å². The zero-order valence-electron chi connectivity index (χ0n) is 11.9. The minimum atomic E-state index is -0.153. The fourth-order valence-corrected chi connectivity index (χ4v) is 1.49. The molecule has 0 aromatic heterocycles. The van der Waals surface area contributed by atoms with Crippen LogP contribution in [0.5, 0.6) is 11.5 Å². The summed E-state index contributed by atoms with van der Waals surface area (Å²) in [5, 5.41) is 0. The van der Waals surface area contributed by atoms with Gasteiger partial charge in [0.15, 0.2) is 0 Å². The highest BCUT2D eigenvalue weighted by Crippen LogP contribution is 2.27. The quantitative estimate of drug-likeness (QED) is 0.532. The van der Waals surface area contributed by atoms with Crippen molar-refractivity contribution in [3.63, 3.8) is 0 Å². The fraction of sp³-hybridized carbons (Fsp3) is 0.600. The minimum absolute atomic E-state index is 0.141. The van der Waals surface area contributed by atoms with E-state index in [0.717, 1.165) is 22.3 Å². The monoisotopic (exact) mass is 362 g/mol. The van der Waals surface area contributed by atoms with E-state index in [1.165, 1.54) is 0 Å². The molecule has 102 valence electrons. The summed E-state index contributed by atoms with van der Waals surface area (Å²) in [7, 11) is 0. The van der Waals surface area contributed by atoms with Crippen LogP contribution < -0.4 is 9.47 Å². The first kappa shape index (κ1) is 15.6. The molecule has 1 rings (SSSR count). The van der Waals surface area contributed by atoms with E-state index in [9.17, 15) is 0 Å². The molecule has 0 aliphatic carbocycles. The van der Waals surface area contributed by atoms with Gasteiger partial charge in [-0.15, -0.1) is 0 Å². The number of alkyl halides is 1. The largest absolute Gasteiger partial charge is 0.488 e. The molecule has 0 fully saturated rings. The molecule has 1 aromatic carbocycles. The molecule has 0 aliphatic heterocycles. The lowest BCUT2D eigenvalue weighted by Gasteiger charge is -2.27. The van der Waals surface area contributed by atoms with Gasteiger partial charge in [-0.3, -0.25) is 0 Å². The Hall–Kier alpha value is -0.450. The van der Waals surface area contributed by atoms with Crippen LogP contribution in [0.4, 0.5) is 0 Å². The van der Waals surface area contributed by atoms with Crippen LogP contribution in [0.2, 0.25) is 0 Å². The summed E-state index contributed by atoms with van der Waals surface area (Å²) in [4.78, 5) is 0. The second kappa shape index (κ2) is 6.13. The van der Waals surface area contributed by atoms with Crippen molar-refractivity contribution in [2.75, 3.05) is 4.43 Å². The second-order valence-electron chi connectivity index (χ2n) is 5.69. The molecule has 0 N–H and O–H groups in total. The summed E-state index contributed by atoms with van der Waals surface area (Å²) in [6.07, 6.45) is 0.970. The second-order valence-corrected chi connectivity index (χ2v) is 6.45. The Kier molecular flexibility index (Phi) is 5.32. The van der Waals surface area contributed by atoms with Crippen molar-refractivity contribution in [3.8, 4) is 11.5 Å². The normalized spacial score (nSPS) is 12.3. The smallest absolute Gasteiger partial charge is 0.123 e. The van der Waals surface area contributed by atoms with Crippen LogP contribution in [0.1, 0.15) is 41.0 Å². The molecule has 3 heteroatoms. The SMILES string of the molecule is CCC(C)(C)Oc1cccc(OC(C)(C)CI)c1. The van der Waals surface area contributed by atoms with E-state index in [2.05, 4.69) is 57.2 Å². The van der Waals surface area contributed by atoms with Gasteiger partial charge < -0.3 is 9.47 Å². The maximum absolute atomic E-state index is 5.96. The van der Waals surface area contributed by atoms with Crippen molar-refractivity contribution in [2.24, 2.45) is 0 Å². The van der Waals surface area contributed by atoms with Gasteiger partial charge in [0.1, 0.15) is 22.7 Å². The summed E-state index contributed by atoms with van der Waals surface area (Å²) < 4.78 is 12.9. The van der Waals surface area contributed by atoms with Crippen LogP contribution >= 0.6 is 22.6 Å². The van der Waals surface area contributed by atoms with E-state index >= 15 is 0 Å². The van der Waals surface area contributed by atoms with Crippen LogP contribution in [0.3, 0.4) is 0 Å². The molecule has 0 unspecified atom stereocenters. The molecule has 0 radical (unpaired) electrons. The number of hydrogen-bond donors (Lipinski definition) is 0. The molecule has 0 bridgehead atoms. The van der Waals surface area contributed by atoms with Gasteiger partial charge in [-0.2, -0.15) is 0 Å². The lowest BCUT2D eigenvalue weighted by atomic mass is 10.1. The van der Waals surface area contributed by atoms with Crippen molar-refractivity contribution in [2.45, 2.75) is 52.2 Å². The van der Waals surface area contributed by atoms with Crippen molar-refractivity contribution in [3.05, 3.63) is 24.3 Å². The van der Waals surface area contributed by atoms with E-state index in [1.54, 1.807) is 0 Å². The van der Waals surface area contributed by atoms with E-state index < -0.39 is 0 Å². The van der Waals surface area contributed by atoms with Gasteiger partial charge >= 0.3 is 0 Å². The molecule has 0 atom stereocenters. The highest BCUT2D eigenvalue weighted by atomic mass is 127. The maximum atomic E-state index is 5.96. The van der Waals surface area contributed by atoms with Crippen molar-refractivity contribution < 1.29 is 9.47 Å². The third kappa shape index (κ3) is 5.04. The zero-order valence-corrected chi connectivity index (χ0v) is 14.1. The number of hydrogen-bond acceptors (Lipinski definition) is 2. The first-order valence-electron chi connectivity index (χ1n) is 6.32. The number of halogens is 1. The van der Waals surface area contributed by atoms with Gasteiger partial charge in [-0.1, -0.05) is 35.6 Å². The van der Waals surface area contributed by atoms with Crippen molar-refractivity contribution in [1.29, 1.82) is 0 Å². The Morgan fingerprint density at radius 1 is 1.00 bits per heavy atom. The van der Waals surface area contributed by atoms with E-state index in [0.29, 0.717) is 0 Å². The highest BCUT2D eigenvalue weighted by molar-refractivity contribution is 14.1. The third-order valence-corrected chi connectivity index (χ3v) is 4.60. The van der Waals surface area contributed by atoms with Crippen LogP contribution in [0, 0.1) is 0 Å². The molecule has 18 heavy (non-hydrogen) atoms. The zero-order chi connectivity index (χ0) is 13.8. The molecular formula is C15H23IO2. The minimum Gasteiger partial charge on any atom is -0.488 e. The number of benzene rings is 1. The summed E-state index contributed by atoms with van der Waals surface area (Å²) in [6.45, 7) is 10.5. The Bertz CT molecular complexity index is 353. The maximum Gasteiger partial charge on any atom is 0.123 e. The summed E-state index contributed by atoms with van der Waals surface area (Å²) in [5.74, 6) is 1.73. The van der Waals surface area contributed by atoms with Gasteiger partial charge in [0.2, 0.25) is 0 Å². The van der Waals surface area contributed by atoms with Crippen molar-refractivity contribution >= 4 is 22.6 Å². The van der Waals surface area contributed by atoms with Crippen molar-refractivity contribution in [1.82, 2.24) is 0 Å². The molecule has 0 saturated heterocycles. The van der Waals surface area contributed by atoms with Gasteiger partial charge in [0.05, 0.1) is 0 Å². The van der Waals surface area contributed by atoms with Gasteiger partial charge in [0.25, 0.3) is 0 Å². The Morgan fingerprint density at radius 3 is 1.94 bits per heavy atom. The van der Waals surface area contributed by atoms with Gasteiger partial charge in [0, 0.05) is 10.5 Å². The predicted octanol–water partition coefficient (Wildman–Crippen LogP) is 4.85. The molecule has 0 heterocycles. The summed E-state index contributed by atoms with van der Waals surface area (Å²) in [5.41, 5.74) is -0.295. The van der Waals surface area contributed by atoms with E-state index in [4.69, 9.17) is 9.47 Å². The topological polar surface area (TPSA) is 18.5 Å². The average molecular weight is 362 g/mol. The molecular weight excluding hydrogens is 339 g/mol. The predicted molar refractivity (Wildman–Crippen MR) is 85.0 cm³/mol. The molecule has 0 spiro atoms. The van der Waals surface area contributed by atoms with Gasteiger partial charge in [-0.05, 0) is 46.2 Å². The molecule has 0 aliphatic rings. The highest BCUT2D eigenvalue weighted by Gasteiger charge is 2.19. The Balaban J connectivity index is 2.80. The number of rotatable bonds is 6. The Morgan fingerprint density at radius 2 is 1.50 bits per heavy atom. The summed E-state index contributed by atoms with van der Waals surface area (Å²) in [6, 6.07) is 7.88. The third-order valence-electron chi connectivity index (χ3n) is 2.77. The van der Waals surface area contributed by atoms with Crippen LogP contribution in [0.25, 0.3) is 0 Å². The van der Waals surface area contributed by atoms with Gasteiger partial charge in [-0.25, -0.2) is 0 Å². The molecule has 1 aromatic rings. The van der Waals surface area contributed by atoms with E-state index in [1.807, 2.05) is 24.3 Å². The lowest BCUT2D eigenvalue weighted by Crippen LogP contribution is -2.30. The summed E-state index contributed by atoms with van der Waals surface area (Å²) >= 11 is 2.34. The van der Waals surface area contributed by atoms with Crippen LogP contribution in [-0.4, -0.2) is 15.6 Å². The Labute approximate surface area is 124 Å². The molecule has 0 amide bonds.